The van der Waals surface area contributed by atoms with Gasteiger partial charge in [0.25, 0.3) is 0 Å². The van der Waals surface area contributed by atoms with Crippen LogP contribution in [0, 0.1) is 5.82 Å². The van der Waals surface area contributed by atoms with E-state index in [2.05, 4.69) is 15.6 Å². The zero-order chi connectivity index (χ0) is 16.9. The van der Waals surface area contributed by atoms with E-state index in [0.29, 0.717) is 6.54 Å². The zero-order valence-electron chi connectivity index (χ0n) is 13.0. The maximum absolute atomic E-state index is 13.0. The number of aromatic nitrogens is 1. The van der Waals surface area contributed by atoms with Crippen LogP contribution in [0.25, 0.3) is 11.3 Å². The monoisotopic (exact) mass is 341 g/mol. The molecule has 0 atom stereocenters. The number of rotatable bonds is 5. The van der Waals surface area contributed by atoms with Gasteiger partial charge in [-0.3, -0.25) is 4.79 Å². The quantitative estimate of drug-likeness (QED) is 0.717. The standard InChI is InChI=1S/C18H16FN3OS/c1-12(23)21-16-4-2-3-13(9-16)10-20-18-22-17(11-24-18)14-5-7-15(19)8-6-14/h2-9,11H,10H2,1H3,(H,20,22)(H,21,23). The Morgan fingerprint density at radius 2 is 2.00 bits per heavy atom. The smallest absolute Gasteiger partial charge is 0.221 e. The molecule has 24 heavy (non-hydrogen) atoms. The van der Waals surface area contributed by atoms with E-state index in [1.54, 1.807) is 12.1 Å². The molecule has 1 amide bonds. The van der Waals surface area contributed by atoms with Gasteiger partial charge in [-0.1, -0.05) is 12.1 Å². The summed E-state index contributed by atoms with van der Waals surface area (Å²) >= 11 is 1.50. The number of halogens is 1. The summed E-state index contributed by atoms with van der Waals surface area (Å²) in [5, 5.41) is 8.75. The Bertz CT molecular complexity index is 845. The number of nitrogens with one attached hydrogen (secondary N) is 2. The van der Waals surface area contributed by atoms with E-state index in [0.717, 1.165) is 27.6 Å². The molecule has 4 nitrogen and oxygen atoms in total. The van der Waals surface area contributed by atoms with Crippen molar-refractivity contribution in [2.45, 2.75) is 13.5 Å². The third-order valence-corrected chi connectivity index (χ3v) is 4.14. The third-order valence-electron chi connectivity index (χ3n) is 3.34. The second kappa shape index (κ2) is 7.23. The maximum Gasteiger partial charge on any atom is 0.221 e. The molecule has 3 rings (SSSR count). The van der Waals surface area contributed by atoms with Gasteiger partial charge in [0.1, 0.15) is 5.82 Å². The van der Waals surface area contributed by atoms with Crippen molar-refractivity contribution < 1.29 is 9.18 Å². The van der Waals surface area contributed by atoms with Crippen LogP contribution in [0.15, 0.2) is 53.9 Å². The largest absolute Gasteiger partial charge is 0.357 e. The van der Waals surface area contributed by atoms with E-state index in [4.69, 9.17) is 0 Å². The van der Waals surface area contributed by atoms with Gasteiger partial charge in [0.05, 0.1) is 5.69 Å². The van der Waals surface area contributed by atoms with Crippen molar-refractivity contribution in [1.82, 2.24) is 4.98 Å². The summed E-state index contributed by atoms with van der Waals surface area (Å²) in [7, 11) is 0. The van der Waals surface area contributed by atoms with Crippen molar-refractivity contribution >= 4 is 28.1 Å². The van der Waals surface area contributed by atoms with E-state index >= 15 is 0 Å². The average molecular weight is 341 g/mol. The number of anilines is 2. The zero-order valence-corrected chi connectivity index (χ0v) is 13.9. The lowest BCUT2D eigenvalue weighted by Crippen LogP contribution is -2.06. The number of carbonyl (C=O) groups is 1. The number of hydrogen-bond acceptors (Lipinski definition) is 4. The minimum Gasteiger partial charge on any atom is -0.357 e. The Labute approximate surface area is 143 Å². The fourth-order valence-corrected chi connectivity index (χ4v) is 2.97. The number of hydrogen-bond donors (Lipinski definition) is 2. The Hall–Kier alpha value is -2.73. The molecule has 122 valence electrons. The first-order chi connectivity index (χ1) is 11.6. The Balaban J connectivity index is 1.65. The van der Waals surface area contributed by atoms with E-state index in [1.165, 1.54) is 30.4 Å². The van der Waals surface area contributed by atoms with Crippen molar-refractivity contribution in [3.8, 4) is 11.3 Å². The summed E-state index contributed by atoms with van der Waals surface area (Å²) < 4.78 is 13.0. The van der Waals surface area contributed by atoms with Crippen LogP contribution in [-0.4, -0.2) is 10.9 Å². The fraction of sp³-hybridized carbons (Fsp3) is 0.111. The predicted molar refractivity (Wildman–Crippen MR) is 95.6 cm³/mol. The molecule has 0 fully saturated rings. The number of thiazole rings is 1. The lowest BCUT2D eigenvalue weighted by molar-refractivity contribution is -0.114. The van der Waals surface area contributed by atoms with Crippen LogP contribution in [0.4, 0.5) is 15.2 Å². The fourth-order valence-electron chi connectivity index (χ4n) is 2.25. The number of carbonyl (C=O) groups excluding carboxylic acids is 1. The molecule has 0 aliphatic rings. The summed E-state index contributed by atoms with van der Waals surface area (Å²) in [6, 6.07) is 13.9. The molecular formula is C18H16FN3OS. The summed E-state index contributed by atoms with van der Waals surface area (Å²) in [6.45, 7) is 2.08. The minimum absolute atomic E-state index is 0.0935. The molecule has 1 aromatic heterocycles. The number of nitrogens with zero attached hydrogens (tertiary/aromatic N) is 1. The van der Waals surface area contributed by atoms with Gasteiger partial charge in [-0.2, -0.15) is 0 Å². The van der Waals surface area contributed by atoms with Crippen molar-refractivity contribution in [3.63, 3.8) is 0 Å². The lowest BCUT2D eigenvalue weighted by atomic mass is 10.2. The van der Waals surface area contributed by atoms with Crippen LogP contribution in [0.5, 0.6) is 0 Å². The van der Waals surface area contributed by atoms with Gasteiger partial charge in [-0.25, -0.2) is 9.37 Å². The highest BCUT2D eigenvalue weighted by molar-refractivity contribution is 7.14. The van der Waals surface area contributed by atoms with E-state index < -0.39 is 0 Å². The molecule has 0 bridgehead atoms. The second-order valence-electron chi connectivity index (χ2n) is 5.28. The van der Waals surface area contributed by atoms with Crippen LogP contribution < -0.4 is 10.6 Å². The van der Waals surface area contributed by atoms with Crippen LogP contribution in [0.1, 0.15) is 12.5 Å². The molecule has 0 saturated heterocycles. The van der Waals surface area contributed by atoms with Crippen LogP contribution in [0.3, 0.4) is 0 Å². The highest BCUT2D eigenvalue weighted by Gasteiger charge is 2.05. The summed E-state index contributed by atoms with van der Waals surface area (Å²) in [5.74, 6) is -0.352. The highest BCUT2D eigenvalue weighted by Crippen LogP contribution is 2.25. The predicted octanol–water partition coefficient (Wildman–Crippen LogP) is 4.52. The van der Waals surface area contributed by atoms with Gasteiger partial charge in [0, 0.05) is 30.1 Å². The molecule has 0 aliphatic heterocycles. The molecule has 1 heterocycles. The van der Waals surface area contributed by atoms with Crippen molar-refractivity contribution in [2.24, 2.45) is 0 Å². The number of amides is 1. The molecule has 2 N–H and O–H groups in total. The van der Waals surface area contributed by atoms with Gasteiger partial charge in [0.15, 0.2) is 5.13 Å². The first kappa shape index (κ1) is 16.1. The van der Waals surface area contributed by atoms with Gasteiger partial charge >= 0.3 is 0 Å². The van der Waals surface area contributed by atoms with E-state index in [9.17, 15) is 9.18 Å². The first-order valence-corrected chi connectivity index (χ1v) is 8.30. The topological polar surface area (TPSA) is 54.0 Å². The normalized spacial score (nSPS) is 10.4. The van der Waals surface area contributed by atoms with Crippen molar-refractivity contribution in [2.75, 3.05) is 10.6 Å². The lowest BCUT2D eigenvalue weighted by Gasteiger charge is -2.06. The molecule has 6 heteroatoms. The Morgan fingerprint density at radius 1 is 1.21 bits per heavy atom. The Kier molecular flexibility index (Phi) is 4.86. The van der Waals surface area contributed by atoms with E-state index in [-0.39, 0.29) is 11.7 Å². The van der Waals surface area contributed by atoms with Gasteiger partial charge in [-0.05, 0) is 42.0 Å². The molecule has 0 radical (unpaired) electrons. The van der Waals surface area contributed by atoms with Crippen molar-refractivity contribution in [1.29, 1.82) is 0 Å². The van der Waals surface area contributed by atoms with E-state index in [1.807, 2.05) is 29.6 Å². The van der Waals surface area contributed by atoms with Gasteiger partial charge in [-0.15, -0.1) is 11.3 Å². The third kappa shape index (κ3) is 4.17. The summed E-state index contributed by atoms with van der Waals surface area (Å²) in [5.41, 5.74) is 3.51. The SMILES string of the molecule is CC(=O)Nc1cccc(CNc2nc(-c3ccc(F)cc3)cs2)c1. The van der Waals surface area contributed by atoms with Crippen LogP contribution >= 0.6 is 11.3 Å². The van der Waals surface area contributed by atoms with Gasteiger partial charge in [0.2, 0.25) is 5.91 Å². The highest BCUT2D eigenvalue weighted by atomic mass is 32.1. The maximum atomic E-state index is 13.0. The molecule has 0 aliphatic carbocycles. The molecular weight excluding hydrogens is 325 g/mol. The molecule has 0 spiro atoms. The summed E-state index contributed by atoms with van der Waals surface area (Å²) in [6.07, 6.45) is 0. The van der Waals surface area contributed by atoms with Gasteiger partial charge < -0.3 is 10.6 Å². The van der Waals surface area contributed by atoms with Crippen LogP contribution in [0.2, 0.25) is 0 Å². The van der Waals surface area contributed by atoms with Crippen molar-refractivity contribution in [3.05, 3.63) is 65.3 Å². The molecule has 2 aromatic carbocycles. The summed E-state index contributed by atoms with van der Waals surface area (Å²) in [4.78, 5) is 15.6. The average Bonchev–Trinajstić information content (AvgIpc) is 3.02. The second-order valence-corrected chi connectivity index (χ2v) is 6.14. The molecule has 0 unspecified atom stereocenters. The first-order valence-electron chi connectivity index (χ1n) is 7.42. The number of benzene rings is 2. The Morgan fingerprint density at radius 3 is 2.75 bits per heavy atom. The van der Waals surface area contributed by atoms with Crippen LogP contribution in [-0.2, 0) is 11.3 Å². The molecule has 3 aromatic rings. The molecule has 0 saturated carbocycles. The minimum atomic E-state index is -0.258.